The van der Waals surface area contributed by atoms with Crippen LogP contribution in [0.1, 0.15) is 34.2 Å². The number of aryl methyl sites for hydroxylation is 2. The number of aromatic nitrogens is 1. The Morgan fingerprint density at radius 3 is 2.67 bits per heavy atom. The number of aliphatic hydroxyl groups excluding tert-OH is 1. The normalized spacial score (nSPS) is 12.7. The van der Waals surface area contributed by atoms with E-state index in [-0.39, 0.29) is 0 Å². The van der Waals surface area contributed by atoms with E-state index in [2.05, 4.69) is 36.2 Å². The maximum Gasteiger partial charge on any atom is 0.103 e. The topological polar surface area (TPSA) is 33.1 Å². The summed E-state index contributed by atoms with van der Waals surface area (Å²) in [6.07, 6.45) is -0.417. The lowest BCUT2D eigenvalue weighted by molar-refractivity contribution is 0.202. The molecule has 2 aromatic rings. The lowest BCUT2D eigenvalue weighted by atomic mass is 10.2. The molecule has 0 aliphatic heterocycles. The third-order valence-corrected chi connectivity index (χ3v) is 5.40. The second-order valence-corrected chi connectivity index (χ2v) is 6.42. The maximum atomic E-state index is 9.61. The highest BCUT2D eigenvalue weighted by atomic mass is 32.2. The van der Waals surface area contributed by atoms with Crippen LogP contribution in [0.4, 0.5) is 0 Å². The molecule has 4 heteroatoms. The summed E-state index contributed by atoms with van der Waals surface area (Å²) in [7, 11) is 0. The first-order valence-electron chi connectivity index (χ1n) is 5.90. The predicted molar refractivity (Wildman–Crippen MR) is 78.2 cm³/mol. The summed E-state index contributed by atoms with van der Waals surface area (Å²) in [6, 6.07) is 8.37. The van der Waals surface area contributed by atoms with Gasteiger partial charge in [-0.1, -0.05) is 18.2 Å². The van der Waals surface area contributed by atoms with Gasteiger partial charge in [-0.3, -0.25) is 0 Å². The van der Waals surface area contributed by atoms with Crippen molar-refractivity contribution in [3.63, 3.8) is 0 Å². The van der Waals surface area contributed by atoms with E-state index in [1.54, 1.807) is 30.0 Å². The van der Waals surface area contributed by atoms with E-state index in [9.17, 15) is 5.11 Å². The van der Waals surface area contributed by atoms with Gasteiger partial charge in [-0.05, 0) is 32.4 Å². The standard InChI is InChI=1S/C14H17NOS2/c1-9-6-4-5-7-12(9)17-8-13-15-10(2)14(18-13)11(3)16/h4-7,11,16H,8H2,1-3H3. The van der Waals surface area contributed by atoms with Crippen molar-refractivity contribution in [3.8, 4) is 0 Å². The summed E-state index contributed by atoms with van der Waals surface area (Å²) < 4.78 is 0. The minimum atomic E-state index is -0.417. The van der Waals surface area contributed by atoms with Gasteiger partial charge in [0.25, 0.3) is 0 Å². The van der Waals surface area contributed by atoms with Crippen LogP contribution in [0.2, 0.25) is 0 Å². The molecule has 1 N–H and O–H groups in total. The molecule has 0 saturated heterocycles. The molecule has 0 radical (unpaired) electrons. The van der Waals surface area contributed by atoms with Gasteiger partial charge < -0.3 is 5.11 Å². The molecular weight excluding hydrogens is 262 g/mol. The van der Waals surface area contributed by atoms with Crippen molar-refractivity contribution in [3.05, 3.63) is 45.4 Å². The molecule has 1 aromatic heterocycles. The van der Waals surface area contributed by atoms with Crippen molar-refractivity contribution in [1.29, 1.82) is 0 Å². The van der Waals surface area contributed by atoms with Crippen LogP contribution in [-0.2, 0) is 5.75 Å². The van der Waals surface area contributed by atoms with Crippen molar-refractivity contribution < 1.29 is 5.11 Å². The smallest absolute Gasteiger partial charge is 0.103 e. The van der Waals surface area contributed by atoms with Crippen molar-refractivity contribution in [2.75, 3.05) is 0 Å². The summed E-state index contributed by atoms with van der Waals surface area (Å²) in [4.78, 5) is 6.79. The molecular formula is C14H17NOS2. The van der Waals surface area contributed by atoms with Crippen LogP contribution in [0.5, 0.6) is 0 Å². The van der Waals surface area contributed by atoms with Gasteiger partial charge in [-0.2, -0.15) is 0 Å². The number of benzene rings is 1. The summed E-state index contributed by atoms with van der Waals surface area (Å²) in [5.74, 6) is 0.864. The van der Waals surface area contributed by atoms with Crippen LogP contribution in [0, 0.1) is 13.8 Å². The van der Waals surface area contributed by atoms with Crippen molar-refractivity contribution in [2.45, 2.75) is 37.5 Å². The largest absolute Gasteiger partial charge is 0.388 e. The molecule has 1 heterocycles. The molecule has 1 aromatic carbocycles. The lowest BCUT2D eigenvalue weighted by Crippen LogP contribution is -1.88. The third kappa shape index (κ3) is 3.13. The number of hydrogen-bond acceptors (Lipinski definition) is 4. The summed E-state index contributed by atoms with van der Waals surface area (Å²) in [5, 5.41) is 10.7. The zero-order valence-electron chi connectivity index (χ0n) is 10.8. The Balaban J connectivity index is 2.07. The van der Waals surface area contributed by atoms with E-state index >= 15 is 0 Å². The van der Waals surface area contributed by atoms with Gasteiger partial charge in [-0.25, -0.2) is 4.98 Å². The Morgan fingerprint density at radius 1 is 1.33 bits per heavy atom. The SMILES string of the molecule is Cc1ccccc1SCc1nc(C)c(C(C)O)s1. The van der Waals surface area contributed by atoms with E-state index in [1.807, 2.05) is 6.92 Å². The van der Waals surface area contributed by atoms with Crippen LogP contribution in [0.15, 0.2) is 29.2 Å². The molecule has 1 unspecified atom stereocenters. The number of thioether (sulfide) groups is 1. The van der Waals surface area contributed by atoms with Gasteiger partial charge in [-0.15, -0.1) is 23.1 Å². The Bertz CT molecular complexity index is 534. The number of hydrogen-bond donors (Lipinski definition) is 1. The van der Waals surface area contributed by atoms with Crippen molar-refractivity contribution in [1.82, 2.24) is 4.98 Å². The predicted octanol–water partition coefficient (Wildman–Crippen LogP) is 4.11. The Kier molecular flexibility index (Phi) is 4.43. The second-order valence-electron chi connectivity index (χ2n) is 4.29. The highest BCUT2D eigenvalue weighted by molar-refractivity contribution is 7.98. The molecule has 0 fully saturated rings. The van der Waals surface area contributed by atoms with Crippen LogP contribution >= 0.6 is 23.1 Å². The molecule has 0 bridgehead atoms. The average molecular weight is 279 g/mol. The number of rotatable bonds is 4. The summed E-state index contributed by atoms with van der Waals surface area (Å²) >= 11 is 3.41. The number of nitrogens with zero attached hydrogens (tertiary/aromatic N) is 1. The van der Waals surface area contributed by atoms with Crippen LogP contribution < -0.4 is 0 Å². The van der Waals surface area contributed by atoms with Crippen LogP contribution in [-0.4, -0.2) is 10.1 Å². The van der Waals surface area contributed by atoms with E-state index < -0.39 is 6.10 Å². The zero-order valence-corrected chi connectivity index (χ0v) is 12.4. The van der Waals surface area contributed by atoms with Gasteiger partial charge in [0, 0.05) is 4.90 Å². The Labute approximate surface area is 116 Å². The first kappa shape index (κ1) is 13.6. The number of thiazole rings is 1. The summed E-state index contributed by atoms with van der Waals surface area (Å²) in [5.41, 5.74) is 2.25. The Hall–Kier alpha value is -0.840. The van der Waals surface area contributed by atoms with Gasteiger partial charge in [0.15, 0.2) is 0 Å². The fourth-order valence-corrected chi connectivity index (χ4v) is 3.80. The molecule has 2 nitrogen and oxygen atoms in total. The molecule has 18 heavy (non-hydrogen) atoms. The van der Waals surface area contributed by atoms with Crippen molar-refractivity contribution >= 4 is 23.1 Å². The van der Waals surface area contributed by atoms with E-state index in [0.29, 0.717) is 0 Å². The van der Waals surface area contributed by atoms with E-state index in [0.717, 1.165) is 21.3 Å². The van der Waals surface area contributed by atoms with E-state index in [1.165, 1.54) is 10.5 Å². The highest BCUT2D eigenvalue weighted by Gasteiger charge is 2.12. The molecule has 1 atom stereocenters. The zero-order chi connectivity index (χ0) is 13.1. The quantitative estimate of drug-likeness (QED) is 0.855. The molecule has 0 aliphatic rings. The summed E-state index contributed by atoms with van der Waals surface area (Å²) in [6.45, 7) is 5.87. The van der Waals surface area contributed by atoms with Gasteiger partial charge in [0.2, 0.25) is 0 Å². The third-order valence-electron chi connectivity index (χ3n) is 2.70. The number of aliphatic hydroxyl groups is 1. The molecule has 0 aliphatic carbocycles. The van der Waals surface area contributed by atoms with Crippen LogP contribution in [0.25, 0.3) is 0 Å². The molecule has 2 rings (SSSR count). The van der Waals surface area contributed by atoms with Gasteiger partial charge in [0.05, 0.1) is 22.4 Å². The monoisotopic (exact) mass is 279 g/mol. The van der Waals surface area contributed by atoms with Gasteiger partial charge >= 0.3 is 0 Å². The van der Waals surface area contributed by atoms with Crippen LogP contribution in [0.3, 0.4) is 0 Å². The van der Waals surface area contributed by atoms with Gasteiger partial charge in [0.1, 0.15) is 5.01 Å². The minimum absolute atomic E-state index is 0.417. The molecule has 0 spiro atoms. The van der Waals surface area contributed by atoms with Crippen molar-refractivity contribution in [2.24, 2.45) is 0 Å². The highest BCUT2D eigenvalue weighted by Crippen LogP contribution is 2.30. The second kappa shape index (κ2) is 5.87. The molecule has 96 valence electrons. The first-order chi connectivity index (χ1) is 8.58. The average Bonchev–Trinajstić information content (AvgIpc) is 2.70. The minimum Gasteiger partial charge on any atom is -0.388 e. The lowest BCUT2D eigenvalue weighted by Gasteiger charge is -2.02. The Morgan fingerprint density at radius 2 is 2.06 bits per heavy atom. The molecule has 0 amide bonds. The molecule has 0 saturated carbocycles. The first-order valence-corrected chi connectivity index (χ1v) is 7.71. The maximum absolute atomic E-state index is 9.61. The fraction of sp³-hybridized carbons (Fsp3) is 0.357. The van der Waals surface area contributed by atoms with E-state index in [4.69, 9.17) is 0 Å². The fourth-order valence-electron chi connectivity index (χ4n) is 1.77.